The topological polar surface area (TPSA) is 78.9 Å². The Labute approximate surface area is 199 Å². The average Bonchev–Trinajstić information content (AvgIpc) is 2.84. The number of ether oxygens (including phenoxy) is 1. The molecule has 3 aromatic rings. The minimum absolute atomic E-state index is 0.128. The van der Waals surface area contributed by atoms with Gasteiger partial charge in [0.2, 0.25) is 0 Å². The number of amides is 2. The number of anilines is 1. The van der Waals surface area contributed by atoms with Gasteiger partial charge in [-0.1, -0.05) is 36.4 Å². The number of nitrogens with one attached hydrogen (secondary N) is 1. The van der Waals surface area contributed by atoms with E-state index in [9.17, 15) is 22.8 Å². The van der Waals surface area contributed by atoms with Crippen molar-refractivity contribution in [3.63, 3.8) is 0 Å². The number of carbonyl (C=O) groups excluding carboxylic acids is 1. The van der Waals surface area contributed by atoms with E-state index in [4.69, 9.17) is 9.84 Å². The van der Waals surface area contributed by atoms with Crippen LogP contribution in [0.4, 0.5) is 23.7 Å². The Morgan fingerprint density at radius 1 is 0.943 bits per heavy atom. The van der Waals surface area contributed by atoms with Crippen LogP contribution in [0.3, 0.4) is 0 Å². The standard InChI is InChI=1S/C26H23F3N2O4/c27-26(28,29)18-10-8-17(9-11-18)22-6-1-2-7-23(22)24(32)30-19-4-3-5-21(16-19)35-20-12-14-31(15-13-20)25(33)34/h1-11,16,20H,12-15H2,(H,30,32)(H,33,34). The lowest BCUT2D eigenvalue weighted by Crippen LogP contribution is -2.41. The number of likely N-dealkylation sites (tertiary alicyclic amines) is 1. The van der Waals surface area contributed by atoms with E-state index in [1.807, 2.05) is 0 Å². The lowest BCUT2D eigenvalue weighted by molar-refractivity contribution is -0.137. The molecule has 182 valence electrons. The lowest BCUT2D eigenvalue weighted by Gasteiger charge is -2.30. The zero-order valence-electron chi connectivity index (χ0n) is 18.6. The normalized spacial score (nSPS) is 14.4. The van der Waals surface area contributed by atoms with E-state index in [0.29, 0.717) is 54.1 Å². The zero-order valence-corrected chi connectivity index (χ0v) is 18.6. The van der Waals surface area contributed by atoms with Crippen LogP contribution < -0.4 is 10.1 Å². The molecule has 1 saturated heterocycles. The predicted molar refractivity (Wildman–Crippen MR) is 125 cm³/mol. The highest BCUT2D eigenvalue weighted by Gasteiger charge is 2.30. The van der Waals surface area contributed by atoms with Crippen molar-refractivity contribution < 1.29 is 32.6 Å². The summed E-state index contributed by atoms with van der Waals surface area (Å²) in [7, 11) is 0. The molecule has 0 bridgehead atoms. The first kappa shape index (κ1) is 24.1. The van der Waals surface area contributed by atoms with Gasteiger partial charge in [0.05, 0.1) is 5.56 Å². The first-order valence-corrected chi connectivity index (χ1v) is 11.0. The molecule has 1 heterocycles. The Bertz CT molecular complexity index is 1200. The molecule has 0 aliphatic carbocycles. The molecule has 0 saturated carbocycles. The second-order valence-corrected chi connectivity index (χ2v) is 8.19. The Balaban J connectivity index is 1.46. The van der Waals surface area contributed by atoms with Gasteiger partial charge < -0.3 is 20.1 Å². The molecule has 0 atom stereocenters. The van der Waals surface area contributed by atoms with Crippen LogP contribution in [0.5, 0.6) is 5.75 Å². The first-order valence-electron chi connectivity index (χ1n) is 11.0. The molecule has 1 fully saturated rings. The van der Waals surface area contributed by atoms with Crippen molar-refractivity contribution in [3.05, 3.63) is 83.9 Å². The minimum Gasteiger partial charge on any atom is -0.490 e. The smallest absolute Gasteiger partial charge is 0.416 e. The molecule has 3 aromatic carbocycles. The van der Waals surface area contributed by atoms with Crippen LogP contribution in [-0.2, 0) is 6.18 Å². The second-order valence-electron chi connectivity index (χ2n) is 8.19. The fourth-order valence-electron chi connectivity index (χ4n) is 3.97. The summed E-state index contributed by atoms with van der Waals surface area (Å²) in [6.45, 7) is 0.800. The third-order valence-electron chi connectivity index (χ3n) is 5.80. The van der Waals surface area contributed by atoms with Gasteiger partial charge in [0, 0.05) is 43.2 Å². The van der Waals surface area contributed by atoms with Gasteiger partial charge in [-0.3, -0.25) is 4.79 Å². The van der Waals surface area contributed by atoms with Crippen LogP contribution in [0, 0.1) is 0 Å². The summed E-state index contributed by atoms with van der Waals surface area (Å²) in [5.74, 6) is 0.139. The van der Waals surface area contributed by atoms with Gasteiger partial charge in [-0.2, -0.15) is 13.2 Å². The van der Waals surface area contributed by atoms with E-state index in [-0.39, 0.29) is 6.10 Å². The lowest BCUT2D eigenvalue weighted by atomic mass is 9.98. The highest BCUT2D eigenvalue weighted by molar-refractivity contribution is 6.08. The van der Waals surface area contributed by atoms with Gasteiger partial charge in [-0.05, 0) is 41.5 Å². The van der Waals surface area contributed by atoms with Crippen molar-refractivity contribution in [1.29, 1.82) is 0 Å². The fourth-order valence-corrected chi connectivity index (χ4v) is 3.97. The summed E-state index contributed by atoms with van der Waals surface area (Å²) in [6.07, 6.45) is -4.36. The fraction of sp³-hybridized carbons (Fsp3) is 0.231. The maximum Gasteiger partial charge on any atom is 0.416 e. The van der Waals surface area contributed by atoms with Crippen LogP contribution in [0.1, 0.15) is 28.8 Å². The molecule has 1 aliphatic heterocycles. The number of halogens is 3. The quantitative estimate of drug-likeness (QED) is 0.456. The molecule has 0 spiro atoms. The summed E-state index contributed by atoms with van der Waals surface area (Å²) in [6, 6.07) is 18.3. The van der Waals surface area contributed by atoms with Crippen molar-refractivity contribution in [1.82, 2.24) is 4.90 Å². The summed E-state index contributed by atoms with van der Waals surface area (Å²) < 4.78 is 44.7. The summed E-state index contributed by atoms with van der Waals surface area (Å²) in [5.41, 5.74) is 1.07. The van der Waals surface area contributed by atoms with Crippen molar-refractivity contribution >= 4 is 17.7 Å². The van der Waals surface area contributed by atoms with Crippen molar-refractivity contribution in [3.8, 4) is 16.9 Å². The highest BCUT2D eigenvalue weighted by atomic mass is 19.4. The molecule has 0 unspecified atom stereocenters. The molecule has 6 nitrogen and oxygen atoms in total. The zero-order chi connectivity index (χ0) is 25.0. The van der Waals surface area contributed by atoms with Crippen LogP contribution in [0.2, 0.25) is 0 Å². The number of hydrogen-bond donors (Lipinski definition) is 2. The third-order valence-corrected chi connectivity index (χ3v) is 5.80. The van der Waals surface area contributed by atoms with Gasteiger partial charge in [0.25, 0.3) is 5.91 Å². The average molecular weight is 484 g/mol. The molecule has 1 aliphatic rings. The summed E-state index contributed by atoms with van der Waals surface area (Å²) in [5, 5.41) is 11.9. The number of carbonyl (C=O) groups is 2. The van der Waals surface area contributed by atoms with Gasteiger partial charge in [-0.25, -0.2) is 4.79 Å². The van der Waals surface area contributed by atoms with E-state index < -0.39 is 23.7 Å². The third kappa shape index (κ3) is 5.92. The molecular weight excluding hydrogens is 461 g/mol. The number of hydrogen-bond acceptors (Lipinski definition) is 3. The van der Waals surface area contributed by atoms with Gasteiger partial charge >= 0.3 is 12.3 Å². The van der Waals surface area contributed by atoms with Crippen molar-refractivity contribution in [2.75, 3.05) is 18.4 Å². The molecule has 2 N–H and O–H groups in total. The van der Waals surface area contributed by atoms with E-state index in [0.717, 1.165) is 12.1 Å². The van der Waals surface area contributed by atoms with Gasteiger partial charge in [0.15, 0.2) is 0 Å². The number of benzene rings is 3. The van der Waals surface area contributed by atoms with Crippen LogP contribution in [-0.4, -0.2) is 41.2 Å². The molecule has 35 heavy (non-hydrogen) atoms. The first-order chi connectivity index (χ1) is 16.7. The van der Waals surface area contributed by atoms with E-state index >= 15 is 0 Å². The largest absolute Gasteiger partial charge is 0.490 e. The molecule has 4 rings (SSSR count). The second kappa shape index (κ2) is 10.1. The van der Waals surface area contributed by atoms with Crippen LogP contribution >= 0.6 is 0 Å². The predicted octanol–water partition coefficient (Wildman–Crippen LogP) is 6.15. The van der Waals surface area contributed by atoms with Gasteiger partial charge in [0.1, 0.15) is 11.9 Å². The maximum atomic E-state index is 13.0. The van der Waals surface area contributed by atoms with Gasteiger partial charge in [-0.15, -0.1) is 0 Å². The summed E-state index contributed by atoms with van der Waals surface area (Å²) in [4.78, 5) is 25.4. The number of nitrogens with zero attached hydrogens (tertiary/aromatic N) is 1. The molecule has 9 heteroatoms. The summed E-state index contributed by atoms with van der Waals surface area (Å²) >= 11 is 0. The van der Waals surface area contributed by atoms with Crippen molar-refractivity contribution in [2.24, 2.45) is 0 Å². The number of alkyl halides is 3. The Morgan fingerprint density at radius 3 is 2.29 bits per heavy atom. The molecule has 0 radical (unpaired) electrons. The SMILES string of the molecule is O=C(Nc1cccc(OC2CCN(C(=O)O)CC2)c1)c1ccccc1-c1ccc(C(F)(F)F)cc1. The monoisotopic (exact) mass is 484 g/mol. The van der Waals surface area contributed by atoms with E-state index in [1.165, 1.54) is 17.0 Å². The Hall–Kier alpha value is -4.01. The molecular formula is C26H23F3N2O4. The molecule has 2 amide bonds. The number of piperidine rings is 1. The number of rotatable bonds is 5. The number of carboxylic acid groups (broad SMARTS) is 1. The van der Waals surface area contributed by atoms with Crippen LogP contribution in [0.25, 0.3) is 11.1 Å². The van der Waals surface area contributed by atoms with E-state index in [2.05, 4.69) is 5.32 Å². The minimum atomic E-state index is -4.43. The van der Waals surface area contributed by atoms with Crippen molar-refractivity contribution in [2.45, 2.75) is 25.1 Å². The maximum absolute atomic E-state index is 13.0. The Morgan fingerprint density at radius 2 is 1.63 bits per heavy atom. The van der Waals surface area contributed by atoms with Crippen LogP contribution in [0.15, 0.2) is 72.8 Å². The molecule has 0 aromatic heterocycles. The van der Waals surface area contributed by atoms with E-state index in [1.54, 1.807) is 48.5 Å². The highest BCUT2D eigenvalue weighted by Crippen LogP contribution is 2.32. The Kier molecular flexibility index (Phi) is 6.95.